The lowest BCUT2D eigenvalue weighted by molar-refractivity contribution is -0.135. The summed E-state index contributed by atoms with van der Waals surface area (Å²) >= 11 is 0. The lowest BCUT2D eigenvalue weighted by Crippen LogP contribution is -2.59. The average Bonchev–Trinajstić information content (AvgIpc) is 3.27. The number of carbonyl (C=O) groups excluding carboxylic acids is 1. The Morgan fingerprint density at radius 2 is 2.09 bits per heavy atom. The number of morpholine rings is 1. The van der Waals surface area contributed by atoms with Crippen LogP contribution in [0.2, 0.25) is 0 Å². The summed E-state index contributed by atoms with van der Waals surface area (Å²) in [4.78, 5) is 22.7. The van der Waals surface area contributed by atoms with E-state index < -0.39 is 17.6 Å². The van der Waals surface area contributed by atoms with Crippen molar-refractivity contribution < 1.29 is 23.4 Å². The van der Waals surface area contributed by atoms with Crippen LogP contribution in [0.3, 0.4) is 0 Å². The molecule has 0 radical (unpaired) electrons. The standard InChI is InChI=1S/C23H24F2N4O3/c1-12-17(30)9-29(12)21-26-19(15-5-7-23(24,25)20(15)27-21)14-2-3-16-13(8-14)4-6-22(16)11-32-10-18(31)28-22/h2-3,8,12,17,30H,4-7,9-11H2,1H3,(H,28,31)/t12-,17+,22?/m0/s1. The Labute approximate surface area is 183 Å². The number of halogens is 2. The van der Waals surface area contributed by atoms with Crippen LogP contribution < -0.4 is 10.2 Å². The largest absolute Gasteiger partial charge is 0.389 e. The van der Waals surface area contributed by atoms with E-state index in [1.54, 1.807) is 4.90 Å². The molecule has 4 aliphatic rings. The quantitative estimate of drug-likeness (QED) is 0.740. The Kier molecular flexibility index (Phi) is 4.17. The number of aromatic nitrogens is 2. The van der Waals surface area contributed by atoms with Gasteiger partial charge >= 0.3 is 0 Å². The molecule has 1 spiro atoms. The SMILES string of the molecule is C[C@H]1[C@H](O)CN1c1nc(-c2ccc3c(c2)CCC32COCC(=O)N2)c2c(n1)C(F)(F)CC2. The zero-order chi connectivity index (χ0) is 22.3. The van der Waals surface area contributed by atoms with E-state index in [9.17, 15) is 18.7 Å². The number of carbonyl (C=O) groups is 1. The van der Waals surface area contributed by atoms with Gasteiger partial charge in [0.05, 0.1) is 30.0 Å². The highest BCUT2D eigenvalue weighted by atomic mass is 19.3. The van der Waals surface area contributed by atoms with Crippen molar-refractivity contribution in [1.82, 2.24) is 15.3 Å². The molecule has 6 rings (SSSR count). The summed E-state index contributed by atoms with van der Waals surface area (Å²) < 4.78 is 34.8. The van der Waals surface area contributed by atoms with Crippen molar-refractivity contribution in [2.75, 3.05) is 24.7 Å². The van der Waals surface area contributed by atoms with E-state index in [4.69, 9.17) is 9.72 Å². The summed E-state index contributed by atoms with van der Waals surface area (Å²) in [5.74, 6) is -2.87. The summed E-state index contributed by atoms with van der Waals surface area (Å²) in [7, 11) is 0. The molecule has 2 aliphatic carbocycles. The minimum atomic E-state index is -2.99. The first-order valence-electron chi connectivity index (χ1n) is 11.0. The van der Waals surface area contributed by atoms with E-state index in [2.05, 4.69) is 10.3 Å². The number of nitrogens with zero attached hydrogens (tertiary/aromatic N) is 3. The van der Waals surface area contributed by atoms with Crippen LogP contribution in [0.25, 0.3) is 11.3 Å². The molecular formula is C23H24F2N4O3. The average molecular weight is 442 g/mol. The van der Waals surface area contributed by atoms with Gasteiger partial charge in [-0.05, 0) is 43.4 Å². The van der Waals surface area contributed by atoms with Crippen LogP contribution >= 0.6 is 0 Å². The van der Waals surface area contributed by atoms with Gasteiger partial charge in [-0.15, -0.1) is 0 Å². The minimum Gasteiger partial charge on any atom is -0.389 e. The third kappa shape index (κ3) is 2.80. The molecule has 0 bridgehead atoms. The van der Waals surface area contributed by atoms with Crippen molar-refractivity contribution in [1.29, 1.82) is 0 Å². The van der Waals surface area contributed by atoms with Gasteiger partial charge < -0.3 is 20.1 Å². The Morgan fingerprint density at radius 3 is 2.84 bits per heavy atom. The Morgan fingerprint density at radius 1 is 1.25 bits per heavy atom. The number of aliphatic hydroxyl groups is 1. The molecule has 1 unspecified atom stereocenters. The van der Waals surface area contributed by atoms with E-state index >= 15 is 0 Å². The van der Waals surface area contributed by atoms with Gasteiger partial charge in [-0.1, -0.05) is 12.1 Å². The molecule has 2 N–H and O–H groups in total. The van der Waals surface area contributed by atoms with Crippen LogP contribution in [0, 0.1) is 0 Å². The van der Waals surface area contributed by atoms with Crippen LogP contribution in [-0.2, 0) is 33.8 Å². The van der Waals surface area contributed by atoms with Crippen LogP contribution in [-0.4, -0.2) is 52.9 Å². The summed E-state index contributed by atoms with van der Waals surface area (Å²) in [6, 6.07) is 5.64. The van der Waals surface area contributed by atoms with E-state index in [-0.39, 0.29) is 43.0 Å². The maximum absolute atomic E-state index is 14.7. The predicted octanol–water partition coefficient (Wildman–Crippen LogP) is 2.04. The number of amides is 1. The smallest absolute Gasteiger partial charge is 0.290 e. The second-order valence-corrected chi connectivity index (χ2v) is 9.36. The van der Waals surface area contributed by atoms with Crippen molar-refractivity contribution in [3.8, 4) is 11.3 Å². The summed E-state index contributed by atoms with van der Waals surface area (Å²) in [5.41, 5.74) is 3.17. The second-order valence-electron chi connectivity index (χ2n) is 9.36. The van der Waals surface area contributed by atoms with Crippen molar-refractivity contribution in [3.05, 3.63) is 40.6 Å². The lowest BCUT2D eigenvalue weighted by atomic mass is 9.90. The van der Waals surface area contributed by atoms with Crippen LogP contribution in [0.15, 0.2) is 18.2 Å². The fraction of sp³-hybridized carbons (Fsp3) is 0.522. The van der Waals surface area contributed by atoms with Crippen LogP contribution in [0.1, 0.15) is 42.1 Å². The maximum atomic E-state index is 14.7. The number of rotatable bonds is 2. The first-order valence-corrected chi connectivity index (χ1v) is 11.0. The van der Waals surface area contributed by atoms with E-state index in [1.807, 2.05) is 25.1 Å². The Hall–Kier alpha value is -2.65. The van der Waals surface area contributed by atoms with Crippen molar-refractivity contribution in [3.63, 3.8) is 0 Å². The molecule has 1 aromatic carbocycles. The maximum Gasteiger partial charge on any atom is 0.290 e. The molecule has 3 heterocycles. The number of β-amino-alcohol motifs (C(OH)–C–C–N with tert-alkyl or cyclic N) is 1. The molecule has 168 valence electrons. The predicted molar refractivity (Wildman–Crippen MR) is 111 cm³/mol. The number of benzene rings is 1. The summed E-state index contributed by atoms with van der Waals surface area (Å²) in [6.45, 7) is 2.66. The van der Waals surface area contributed by atoms with Gasteiger partial charge in [0.15, 0.2) is 0 Å². The summed E-state index contributed by atoms with van der Waals surface area (Å²) in [5, 5.41) is 13.0. The topological polar surface area (TPSA) is 87.6 Å². The minimum absolute atomic E-state index is 0.0723. The Balaban J connectivity index is 1.44. The highest BCUT2D eigenvalue weighted by Crippen LogP contribution is 2.46. The second kappa shape index (κ2) is 6.68. The monoisotopic (exact) mass is 442 g/mol. The Bertz CT molecular complexity index is 1140. The van der Waals surface area contributed by atoms with Gasteiger partial charge in [-0.2, -0.15) is 8.78 Å². The van der Waals surface area contributed by atoms with E-state index in [0.29, 0.717) is 24.4 Å². The highest BCUT2D eigenvalue weighted by molar-refractivity contribution is 5.79. The number of aliphatic hydroxyl groups excluding tert-OH is 1. The normalized spacial score (nSPS) is 30.1. The number of ether oxygens (including phenoxy) is 1. The number of nitrogens with one attached hydrogen (secondary N) is 1. The summed E-state index contributed by atoms with van der Waals surface area (Å²) in [6.07, 6.45) is 0.939. The fourth-order valence-corrected chi connectivity index (χ4v) is 5.47. The van der Waals surface area contributed by atoms with Crippen molar-refractivity contribution in [2.45, 2.75) is 56.2 Å². The van der Waals surface area contributed by atoms with Gasteiger partial charge in [0.1, 0.15) is 12.3 Å². The molecule has 2 saturated heterocycles. The molecular weight excluding hydrogens is 418 g/mol. The van der Waals surface area contributed by atoms with Crippen molar-refractivity contribution >= 4 is 11.9 Å². The third-order valence-corrected chi connectivity index (χ3v) is 7.40. The molecule has 1 amide bonds. The number of alkyl halides is 2. The first kappa shape index (κ1) is 20.0. The number of fused-ring (bicyclic) bond motifs is 3. The van der Waals surface area contributed by atoms with Crippen LogP contribution in [0.5, 0.6) is 0 Å². The first-order chi connectivity index (χ1) is 15.3. The molecule has 2 aromatic rings. The molecule has 32 heavy (non-hydrogen) atoms. The molecule has 2 aliphatic heterocycles. The highest BCUT2D eigenvalue weighted by Gasteiger charge is 2.46. The van der Waals surface area contributed by atoms with E-state index in [0.717, 1.165) is 29.5 Å². The zero-order valence-corrected chi connectivity index (χ0v) is 17.7. The zero-order valence-electron chi connectivity index (χ0n) is 17.7. The number of hydrogen-bond donors (Lipinski definition) is 2. The van der Waals surface area contributed by atoms with Gasteiger partial charge in [-0.25, -0.2) is 9.97 Å². The molecule has 9 heteroatoms. The molecule has 2 fully saturated rings. The van der Waals surface area contributed by atoms with Gasteiger partial charge in [-0.3, -0.25) is 4.79 Å². The van der Waals surface area contributed by atoms with Crippen LogP contribution in [0.4, 0.5) is 14.7 Å². The number of aryl methyl sites for hydroxylation is 1. The fourth-order valence-electron chi connectivity index (χ4n) is 5.47. The van der Waals surface area contributed by atoms with Gasteiger partial charge in [0.25, 0.3) is 5.92 Å². The third-order valence-electron chi connectivity index (χ3n) is 7.40. The molecule has 7 nitrogen and oxygen atoms in total. The molecule has 3 atom stereocenters. The molecule has 1 aromatic heterocycles. The molecule has 0 saturated carbocycles. The number of hydrogen-bond acceptors (Lipinski definition) is 6. The van der Waals surface area contributed by atoms with Gasteiger partial charge in [0.2, 0.25) is 11.9 Å². The lowest BCUT2D eigenvalue weighted by Gasteiger charge is -2.43. The number of anilines is 1. The van der Waals surface area contributed by atoms with Crippen molar-refractivity contribution in [2.24, 2.45) is 0 Å². The van der Waals surface area contributed by atoms with Gasteiger partial charge in [0, 0.05) is 24.1 Å². The van der Waals surface area contributed by atoms with E-state index in [1.165, 1.54) is 0 Å².